The van der Waals surface area contributed by atoms with Crippen LogP contribution in [0.5, 0.6) is 0 Å². The first-order chi connectivity index (χ1) is 16.7. The fraction of sp³-hybridized carbons (Fsp3) is 0.519. The predicted molar refractivity (Wildman–Crippen MR) is 135 cm³/mol. The highest BCUT2D eigenvalue weighted by Gasteiger charge is 2.73. The number of cyclic esters (lactones) is 1. The van der Waals surface area contributed by atoms with Crippen LogP contribution in [-0.2, 0) is 19.1 Å². The molecule has 4 heterocycles. The van der Waals surface area contributed by atoms with Gasteiger partial charge in [-0.05, 0) is 50.8 Å². The number of aryl methyl sites for hydroxylation is 2. The predicted octanol–water partition coefficient (Wildman–Crippen LogP) is 2.78. The van der Waals surface area contributed by atoms with Crippen LogP contribution in [0.4, 0.5) is 5.69 Å². The quantitative estimate of drug-likeness (QED) is 0.512. The van der Waals surface area contributed by atoms with Crippen LogP contribution in [0.15, 0.2) is 42.5 Å². The van der Waals surface area contributed by atoms with Crippen LogP contribution in [0.2, 0.25) is 0 Å². The minimum absolute atomic E-state index is 0.0385. The number of amides is 2. The summed E-state index contributed by atoms with van der Waals surface area (Å²) in [5.41, 5.74) is 2.82. The third-order valence-corrected chi connectivity index (χ3v) is 9.54. The van der Waals surface area contributed by atoms with Crippen molar-refractivity contribution in [3.05, 3.63) is 53.6 Å². The summed E-state index contributed by atoms with van der Waals surface area (Å²) in [4.78, 5) is 44.8. The number of ether oxygens (including phenoxy) is 1. The molecule has 186 valence electrons. The third kappa shape index (κ3) is 3.64. The van der Waals surface area contributed by atoms with Gasteiger partial charge in [-0.2, -0.15) is 0 Å². The molecule has 1 N–H and O–H groups in total. The molecule has 8 heteroatoms. The van der Waals surface area contributed by atoms with Gasteiger partial charge < -0.3 is 19.6 Å². The van der Waals surface area contributed by atoms with E-state index in [0.717, 1.165) is 29.7 Å². The van der Waals surface area contributed by atoms with E-state index in [1.165, 1.54) is 16.7 Å². The van der Waals surface area contributed by atoms with Gasteiger partial charge in [0.15, 0.2) is 0 Å². The van der Waals surface area contributed by atoms with E-state index < -0.39 is 27.4 Å². The zero-order valence-electron chi connectivity index (χ0n) is 20.4. The number of fused-ring (bicyclic) bond motifs is 2. The van der Waals surface area contributed by atoms with Crippen molar-refractivity contribution in [2.24, 2.45) is 11.8 Å². The van der Waals surface area contributed by atoms with Crippen LogP contribution in [0.1, 0.15) is 30.9 Å². The number of benzene rings is 1. The van der Waals surface area contributed by atoms with Gasteiger partial charge in [-0.3, -0.25) is 14.4 Å². The zero-order chi connectivity index (χ0) is 25.0. The van der Waals surface area contributed by atoms with E-state index in [1.54, 1.807) is 4.90 Å². The van der Waals surface area contributed by atoms with Crippen molar-refractivity contribution in [1.82, 2.24) is 4.90 Å². The van der Waals surface area contributed by atoms with Gasteiger partial charge in [0.1, 0.15) is 6.04 Å². The molecule has 4 aliphatic rings. The van der Waals surface area contributed by atoms with Crippen molar-refractivity contribution in [3.8, 4) is 0 Å². The Balaban J connectivity index is 1.66. The molecule has 2 saturated heterocycles. The second-order valence-electron chi connectivity index (χ2n) is 10.1. The molecule has 4 aliphatic heterocycles. The average molecular weight is 497 g/mol. The van der Waals surface area contributed by atoms with Crippen LogP contribution in [0.25, 0.3) is 0 Å². The number of thioether (sulfide) groups is 1. The molecule has 0 radical (unpaired) electrons. The first-order valence-corrected chi connectivity index (χ1v) is 13.1. The first-order valence-electron chi connectivity index (χ1n) is 12.3. The molecule has 1 spiro atoms. The van der Waals surface area contributed by atoms with E-state index in [1.807, 2.05) is 57.2 Å². The van der Waals surface area contributed by atoms with E-state index in [0.29, 0.717) is 13.2 Å². The molecule has 0 aliphatic carbocycles. The Hall–Kier alpha value is -2.58. The van der Waals surface area contributed by atoms with Gasteiger partial charge in [-0.1, -0.05) is 36.4 Å². The summed E-state index contributed by atoms with van der Waals surface area (Å²) in [5, 5.41) is 9.82. The molecule has 2 fully saturated rings. The van der Waals surface area contributed by atoms with Crippen LogP contribution < -0.4 is 4.90 Å². The number of hydrogen-bond donors (Lipinski definition) is 1. The number of nitrogens with zero attached hydrogens (tertiary/aromatic N) is 2. The zero-order valence-corrected chi connectivity index (χ0v) is 21.2. The van der Waals surface area contributed by atoms with Crippen molar-refractivity contribution in [2.45, 2.75) is 49.1 Å². The fourth-order valence-corrected chi connectivity index (χ4v) is 8.36. The lowest BCUT2D eigenvalue weighted by atomic mass is 9.74. The van der Waals surface area contributed by atoms with Gasteiger partial charge in [0.2, 0.25) is 5.91 Å². The Morgan fingerprint density at radius 1 is 1.11 bits per heavy atom. The number of carbonyl (C=O) groups excluding carboxylic acids is 3. The highest BCUT2D eigenvalue weighted by atomic mass is 32.2. The number of aliphatic hydroxyl groups excluding tert-OH is 1. The number of likely N-dealkylation sites (tertiary alicyclic amines) is 1. The minimum Gasteiger partial charge on any atom is -0.465 e. The summed E-state index contributed by atoms with van der Waals surface area (Å²) in [6, 6.07) is 5.16. The summed E-state index contributed by atoms with van der Waals surface area (Å²) in [5.74, 6) is -2.31. The van der Waals surface area contributed by atoms with Crippen LogP contribution in [-0.4, -0.2) is 69.6 Å². The third-order valence-electron chi connectivity index (χ3n) is 7.75. The van der Waals surface area contributed by atoms with Gasteiger partial charge in [0.25, 0.3) is 5.91 Å². The molecular formula is C27H32N2O5S. The molecule has 1 aromatic rings. The lowest BCUT2D eigenvalue weighted by Crippen LogP contribution is -2.54. The van der Waals surface area contributed by atoms with Gasteiger partial charge in [-0.25, -0.2) is 0 Å². The van der Waals surface area contributed by atoms with E-state index in [4.69, 9.17) is 4.74 Å². The second kappa shape index (κ2) is 8.82. The molecule has 7 nitrogen and oxygen atoms in total. The normalized spacial score (nSPS) is 35.4. The molecular weight excluding hydrogens is 464 g/mol. The Labute approximate surface area is 210 Å². The molecule has 0 saturated carbocycles. The van der Waals surface area contributed by atoms with Crippen LogP contribution in [0, 0.1) is 25.7 Å². The topological polar surface area (TPSA) is 87.2 Å². The van der Waals surface area contributed by atoms with E-state index >= 15 is 0 Å². The number of β-amino-alcohol motifs (C(OH)–C–C–N with tert-alkyl or cyclic N) is 1. The highest BCUT2D eigenvalue weighted by molar-refractivity contribution is 8.02. The summed E-state index contributed by atoms with van der Waals surface area (Å²) in [6.45, 7) is 6.40. The summed E-state index contributed by atoms with van der Waals surface area (Å²) in [7, 11) is 0. The first kappa shape index (κ1) is 24.1. The lowest BCUT2D eigenvalue weighted by Gasteiger charge is -2.37. The largest absolute Gasteiger partial charge is 0.465 e. The van der Waals surface area contributed by atoms with E-state index in [9.17, 15) is 19.5 Å². The molecule has 5 rings (SSSR count). The van der Waals surface area contributed by atoms with E-state index in [2.05, 4.69) is 6.08 Å². The second-order valence-corrected chi connectivity index (χ2v) is 11.9. The Bertz CT molecular complexity index is 1130. The van der Waals surface area contributed by atoms with Crippen molar-refractivity contribution in [2.75, 3.05) is 31.2 Å². The standard InChI is InChI=1S/C27H32N2O5S/c1-17-8-9-18(2)19(16-17)28-12-7-11-27-20(23(31)29(13-14-30)22(27)24(28)32)21-25(33)34-15-6-4-5-10-26(21,3)35-27/h5,7-11,16,20-22,30H,4,6,12-15H2,1-3H3/b10-5-/t20-,21-,22?,26+,27-/m0/s1. The monoisotopic (exact) mass is 496 g/mol. The maximum atomic E-state index is 14.3. The molecule has 1 aromatic carbocycles. The molecule has 1 unspecified atom stereocenters. The minimum atomic E-state index is -0.933. The summed E-state index contributed by atoms with van der Waals surface area (Å²) >= 11 is 1.52. The molecule has 0 bridgehead atoms. The number of allylic oxidation sites excluding steroid dienone is 1. The van der Waals surface area contributed by atoms with Gasteiger partial charge in [-0.15, -0.1) is 11.8 Å². The van der Waals surface area contributed by atoms with Crippen molar-refractivity contribution in [3.63, 3.8) is 0 Å². The van der Waals surface area contributed by atoms with Crippen molar-refractivity contribution < 1.29 is 24.2 Å². The number of anilines is 1. The Morgan fingerprint density at radius 3 is 2.69 bits per heavy atom. The SMILES string of the molecule is Cc1ccc(C)c(N2CC=C[C@]34S[C@]5(C)/C=C\CCCOC(=O)[C@@H]5[C@H]3C(=O)N(CCO)C4C2=O)c1. The molecule has 35 heavy (non-hydrogen) atoms. The van der Waals surface area contributed by atoms with E-state index in [-0.39, 0.29) is 30.9 Å². The lowest BCUT2D eigenvalue weighted by molar-refractivity contribution is -0.154. The van der Waals surface area contributed by atoms with Crippen LogP contribution >= 0.6 is 11.8 Å². The number of esters is 1. The average Bonchev–Trinajstić information content (AvgIpc) is 3.15. The van der Waals surface area contributed by atoms with Gasteiger partial charge >= 0.3 is 5.97 Å². The molecule has 0 aromatic heterocycles. The molecule has 5 atom stereocenters. The maximum absolute atomic E-state index is 14.3. The number of rotatable bonds is 3. The van der Waals surface area contributed by atoms with Crippen molar-refractivity contribution >= 4 is 35.2 Å². The Kier molecular flexibility index (Phi) is 6.08. The van der Waals surface area contributed by atoms with Crippen LogP contribution in [0.3, 0.4) is 0 Å². The number of aliphatic hydroxyl groups is 1. The molecule has 2 amide bonds. The maximum Gasteiger partial charge on any atom is 0.311 e. The summed E-state index contributed by atoms with van der Waals surface area (Å²) < 4.78 is 3.99. The fourth-order valence-electron chi connectivity index (χ4n) is 6.21. The van der Waals surface area contributed by atoms with Gasteiger partial charge in [0.05, 0.1) is 29.8 Å². The summed E-state index contributed by atoms with van der Waals surface area (Å²) in [6.07, 6.45) is 9.57. The Morgan fingerprint density at radius 2 is 1.91 bits per heavy atom. The highest BCUT2D eigenvalue weighted by Crippen LogP contribution is 2.65. The number of hydrogen-bond acceptors (Lipinski definition) is 6. The van der Waals surface area contributed by atoms with Gasteiger partial charge in [0, 0.05) is 23.5 Å². The number of carbonyl (C=O) groups is 3. The smallest absolute Gasteiger partial charge is 0.311 e. The van der Waals surface area contributed by atoms with Crippen molar-refractivity contribution in [1.29, 1.82) is 0 Å².